The molecule has 2 aromatic rings. The van der Waals surface area contributed by atoms with Crippen LogP contribution in [0.5, 0.6) is 5.75 Å². The molecule has 0 heterocycles. The molecule has 0 aromatic heterocycles. The van der Waals surface area contributed by atoms with E-state index < -0.39 is 16.1 Å². The van der Waals surface area contributed by atoms with Gasteiger partial charge in [-0.2, -0.15) is 0 Å². The number of hydrogen-bond donors (Lipinski definition) is 1. The van der Waals surface area contributed by atoms with E-state index >= 15 is 0 Å². The number of aryl methyl sites for hydroxylation is 2. The molecule has 164 valence electrons. The van der Waals surface area contributed by atoms with Gasteiger partial charge < -0.3 is 10.1 Å². The Bertz CT molecular complexity index is 923. The van der Waals surface area contributed by atoms with Crippen molar-refractivity contribution in [3.05, 3.63) is 59.7 Å². The van der Waals surface area contributed by atoms with Crippen LogP contribution in [0.3, 0.4) is 0 Å². The van der Waals surface area contributed by atoms with Crippen molar-refractivity contribution in [3.63, 3.8) is 0 Å². The number of rotatable bonds is 10. The second-order valence-electron chi connectivity index (χ2n) is 7.78. The number of carbonyl (C=O) groups excluding carboxylic acids is 1. The smallest absolute Gasteiger partial charge is 0.243 e. The minimum Gasteiger partial charge on any atom is -0.491 e. The SMILES string of the molecule is Cc1ccc(N(C(C)C(=O)NCCCc2ccc(OC(C)C)cc2)S(C)(=O)=O)cc1. The molecule has 7 heteroatoms. The molecular formula is C23H32N2O4S. The van der Waals surface area contributed by atoms with Crippen LogP contribution >= 0.6 is 0 Å². The van der Waals surface area contributed by atoms with Crippen LogP contribution in [-0.2, 0) is 21.2 Å². The third kappa shape index (κ3) is 7.06. The van der Waals surface area contributed by atoms with Crippen LogP contribution in [0.15, 0.2) is 48.5 Å². The zero-order valence-electron chi connectivity index (χ0n) is 18.4. The molecule has 1 N–H and O–H groups in total. The molecule has 1 unspecified atom stereocenters. The van der Waals surface area contributed by atoms with E-state index in [4.69, 9.17) is 4.74 Å². The number of benzene rings is 2. The van der Waals surface area contributed by atoms with Crippen molar-refractivity contribution < 1.29 is 17.9 Å². The normalized spacial score (nSPS) is 12.5. The maximum atomic E-state index is 12.6. The minimum absolute atomic E-state index is 0.138. The molecule has 0 aliphatic rings. The summed E-state index contributed by atoms with van der Waals surface area (Å²) in [7, 11) is -3.60. The Morgan fingerprint density at radius 3 is 2.17 bits per heavy atom. The van der Waals surface area contributed by atoms with E-state index in [9.17, 15) is 13.2 Å². The monoisotopic (exact) mass is 432 g/mol. The van der Waals surface area contributed by atoms with Crippen LogP contribution in [0.25, 0.3) is 0 Å². The maximum absolute atomic E-state index is 12.6. The van der Waals surface area contributed by atoms with Crippen LogP contribution in [0.1, 0.15) is 38.3 Å². The number of ether oxygens (including phenoxy) is 1. The van der Waals surface area contributed by atoms with Gasteiger partial charge in [-0.3, -0.25) is 9.10 Å². The molecule has 0 bridgehead atoms. The average Bonchev–Trinajstić information content (AvgIpc) is 2.66. The Morgan fingerprint density at radius 1 is 1.03 bits per heavy atom. The van der Waals surface area contributed by atoms with Crippen molar-refractivity contribution in [1.82, 2.24) is 5.32 Å². The van der Waals surface area contributed by atoms with Crippen LogP contribution in [0.4, 0.5) is 5.69 Å². The summed E-state index contributed by atoms with van der Waals surface area (Å²) in [6.07, 6.45) is 2.82. The molecule has 0 aliphatic heterocycles. The van der Waals surface area contributed by atoms with Crippen molar-refractivity contribution in [1.29, 1.82) is 0 Å². The van der Waals surface area contributed by atoms with Crippen molar-refractivity contribution in [2.45, 2.75) is 52.7 Å². The first kappa shape index (κ1) is 23.7. The van der Waals surface area contributed by atoms with Gasteiger partial charge in [0, 0.05) is 6.54 Å². The predicted molar refractivity (Wildman–Crippen MR) is 122 cm³/mol. The largest absolute Gasteiger partial charge is 0.491 e. The van der Waals surface area contributed by atoms with E-state index in [1.165, 1.54) is 0 Å². The molecule has 0 radical (unpaired) electrons. The molecule has 0 fully saturated rings. The number of carbonyl (C=O) groups is 1. The number of nitrogens with zero attached hydrogens (tertiary/aromatic N) is 1. The van der Waals surface area contributed by atoms with E-state index in [0.717, 1.165) is 40.3 Å². The van der Waals surface area contributed by atoms with Crippen molar-refractivity contribution in [3.8, 4) is 5.75 Å². The van der Waals surface area contributed by atoms with Gasteiger partial charge in [0.25, 0.3) is 0 Å². The molecule has 1 atom stereocenters. The highest BCUT2D eigenvalue weighted by atomic mass is 32.2. The van der Waals surface area contributed by atoms with Gasteiger partial charge in [-0.25, -0.2) is 8.42 Å². The molecule has 6 nitrogen and oxygen atoms in total. The summed E-state index contributed by atoms with van der Waals surface area (Å²) in [5.41, 5.74) is 2.66. The van der Waals surface area contributed by atoms with Gasteiger partial charge in [-0.15, -0.1) is 0 Å². The van der Waals surface area contributed by atoms with Gasteiger partial charge in [-0.1, -0.05) is 29.8 Å². The lowest BCUT2D eigenvalue weighted by Gasteiger charge is -2.28. The summed E-state index contributed by atoms with van der Waals surface area (Å²) in [6.45, 7) is 7.97. The number of hydrogen-bond acceptors (Lipinski definition) is 4. The Kier molecular flexibility index (Phi) is 8.29. The summed E-state index contributed by atoms with van der Waals surface area (Å²) in [6, 6.07) is 14.2. The van der Waals surface area contributed by atoms with E-state index in [0.29, 0.717) is 12.2 Å². The summed E-state index contributed by atoms with van der Waals surface area (Å²) < 4.78 is 31.4. The number of anilines is 1. The van der Waals surface area contributed by atoms with Crippen molar-refractivity contribution in [2.75, 3.05) is 17.1 Å². The second kappa shape index (κ2) is 10.5. The van der Waals surface area contributed by atoms with Gasteiger partial charge in [0.1, 0.15) is 11.8 Å². The number of sulfonamides is 1. The Hall–Kier alpha value is -2.54. The fourth-order valence-corrected chi connectivity index (χ4v) is 4.33. The highest BCUT2D eigenvalue weighted by molar-refractivity contribution is 7.92. The van der Waals surface area contributed by atoms with E-state index in [1.807, 2.05) is 57.2 Å². The lowest BCUT2D eigenvalue weighted by molar-refractivity contribution is -0.121. The molecule has 0 aliphatic carbocycles. The van der Waals surface area contributed by atoms with Crippen LogP contribution in [0, 0.1) is 6.92 Å². The van der Waals surface area contributed by atoms with E-state index in [-0.39, 0.29) is 12.0 Å². The zero-order chi connectivity index (χ0) is 22.3. The van der Waals surface area contributed by atoms with Crippen molar-refractivity contribution >= 4 is 21.6 Å². The van der Waals surface area contributed by atoms with Gasteiger partial charge in [0.15, 0.2) is 0 Å². The van der Waals surface area contributed by atoms with Crippen LogP contribution in [-0.4, -0.2) is 39.3 Å². The van der Waals surface area contributed by atoms with E-state index in [2.05, 4.69) is 5.32 Å². The third-order valence-electron chi connectivity index (χ3n) is 4.61. The van der Waals surface area contributed by atoms with Crippen LogP contribution < -0.4 is 14.4 Å². The lowest BCUT2D eigenvalue weighted by atomic mass is 10.1. The van der Waals surface area contributed by atoms with E-state index in [1.54, 1.807) is 19.1 Å². The molecule has 0 saturated heterocycles. The quantitative estimate of drug-likeness (QED) is 0.581. The third-order valence-corrected chi connectivity index (χ3v) is 5.86. The summed E-state index contributed by atoms with van der Waals surface area (Å²) in [4.78, 5) is 12.6. The Balaban J connectivity index is 1.90. The topological polar surface area (TPSA) is 75.7 Å². The van der Waals surface area contributed by atoms with Gasteiger partial charge in [0.2, 0.25) is 15.9 Å². The number of amides is 1. The molecule has 1 amide bonds. The molecular weight excluding hydrogens is 400 g/mol. The molecule has 30 heavy (non-hydrogen) atoms. The summed E-state index contributed by atoms with van der Waals surface area (Å²) >= 11 is 0. The fraction of sp³-hybridized carbons (Fsp3) is 0.435. The van der Waals surface area contributed by atoms with Crippen molar-refractivity contribution in [2.24, 2.45) is 0 Å². The molecule has 2 rings (SSSR count). The van der Waals surface area contributed by atoms with Gasteiger partial charge in [0.05, 0.1) is 18.0 Å². The van der Waals surface area contributed by atoms with Crippen LogP contribution in [0.2, 0.25) is 0 Å². The highest BCUT2D eigenvalue weighted by Gasteiger charge is 2.28. The first-order chi connectivity index (χ1) is 14.1. The Labute approximate surface area is 180 Å². The van der Waals surface area contributed by atoms with Gasteiger partial charge in [-0.05, 0) is 70.4 Å². The molecule has 2 aromatic carbocycles. The Morgan fingerprint density at radius 2 is 1.63 bits per heavy atom. The molecule has 0 saturated carbocycles. The lowest BCUT2D eigenvalue weighted by Crippen LogP contribution is -2.48. The summed E-state index contributed by atoms with van der Waals surface area (Å²) in [5, 5.41) is 2.85. The number of nitrogens with one attached hydrogen (secondary N) is 1. The standard InChI is InChI=1S/C23H32N2O4S/c1-17(2)29-22-14-10-20(11-15-22)7-6-16-24-23(26)19(4)25(30(5,27)28)21-12-8-18(3)9-13-21/h8-15,17,19H,6-7,16H2,1-5H3,(H,24,26). The maximum Gasteiger partial charge on any atom is 0.243 e. The molecule has 0 spiro atoms. The zero-order valence-corrected chi connectivity index (χ0v) is 19.2. The summed E-state index contributed by atoms with van der Waals surface area (Å²) in [5.74, 6) is 0.523. The van der Waals surface area contributed by atoms with Gasteiger partial charge >= 0.3 is 0 Å². The first-order valence-corrected chi connectivity index (χ1v) is 12.0. The fourth-order valence-electron chi connectivity index (χ4n) is 3.16. The second-order valence-corrected chi connectivity index (χ2v) is 9.63. The predicted octanol–water partition coefficient (Wildman–Crippen LogP) is 3.69. The first-order valence-electron chi connectivity index (χ1n) is 10.2. The highest BCUT2D eigenvalue weighted by Crippen LogP contribution is 2.21. The minimum atomic E-state index is -3.60. The average molecular weight is 433 g/mol.